The van der Waals surface area contributed by atoms with Crippen LogP contribution in [0.4, 0.5) is 5.69 Å². The van der Waals surface area contributed by atoms with Crippen molar-refractivity contribution in [2.45, 2.75) is 14.7 Å². The van der Waals surface area contributed by atoms with E-state index in [1.54, 1.807) is 12.1 Å². The van der Waals surface area contributed by atoms with Crippen molar-refractivity contribution in [1.29, 1.82) is 0 Å². The highest BCUT2D eigenvalue weighted by molar-refractivity contribution is 7.99. The Morgan fingerprint density at radius 3 is 2.34 bits per heavy atom. The fourth-order valence-electron chi connectivity index (χ4n) is 2.87. The molecule has 0 unspecified atom stereocenters. The van der Waals surface area contributed by atoms with Crippen molar-refractivity contribution in [2.24, 2.45) is 0 Å². The Bertz CT molecular complexity index is 1240. The van der Waals surface area contributed by atoms with Crippen LogP contribution in [0.3, 0.4) is 0 Å². The number of carboxylic acid groups (broad SMARTS) is 1. The molecule has 0 bridgehead atoms. The summed E-state index contributed by atoms with van der Waals surface area (Å²) in [5.41, 5.74) is 0.728. The lowest BCUT2D eigenvalue weighted by Gasteiger charge is -2.17. The van der Waals surface area contributed by atoms with Crippen LogP contribution in [0.15, 0.2) is 87.5 Å². The summed E-state index contributed by atoms with van der Waals surface area (Å²) < 4.78 is 39.9. The van der Waals surface area contributed by atoms with Crippen molar-refractivity contribution in [3.8, 4) is 11.5 Å². The molecular weight excluding hydrogens is 450 g/mol. The zero-order chi connectivity index (χ0) is 23.1. The lowest BCUT2D eigenvalue weighted by molar-refractivity contribution is -0.131. The molecule has 7 nitrogen and oxygen atoms in total. The maximum Gasteiger partial charge on any atom is 0.328 e. The van der Waals surface area contributed by atoms with E-state index in [0.717, 1.165) is 15.9 Å². The molecule has 32 heavy (non-hydrogen) atoms. The van der Waals surface area contributed by atoms with Gasteiger partial charge >= 0.3 is 5.97 Å². The molecule has 0 saturated carbocycles. The molecule has 0 aliphatic carbocycles. The number of nitrogens with one attached hydrogen (secondary N) is 1. The number of anilines is 1. The van der Waals surface area contributed by atoms with E-state index in [1.807, 2.05) is 42.5 Å². The minimum Gasteiger partial charge on any atom is -0.493 e. The van der Waals surface area contributed by atoms with Gasteiger partial charge in [-0.3, -0.25) is 4.72 Å². The van der Waals surface area contributed by atoms with Crippen LogP contribution in [0.1, 0.15) is 5.56 Å². The number of carbonyl (C=O) groups is 1. The summed E-state index contributed by atoms with van der Waals surface area (Å²) in [6.45, 7) is 0. The summed E-state index contributed by atoms with van der Waals surface area (Å²) in [7, 11) is -1.40. The number of rotatable bonds is 9. The Balaban J connectivity index is 2.03. The number of benzene rings is 3. The first kappa shape index (κ1) is 23.2. The fraction of sp³-hybridized carbons (Fsp3) is 0.0870. The molecule has 0 fully saturated rings. The molecule has 0 radical (unpaired) electrons. The van der Waals surface area contributed by atoms with Crippen molar-refractivity contribution in [3.63, 3.8) is 0 Å². The first-order valence-electron chi connectivity index (χ1n) is 9.36. The maximum absolute atomic E-state index is 13.3. The van der Waals surface area contributed by atoms with Crippen LogP contribution in [-0.2, 0) is 14.8 Å². The molecular formula is C23H21NO6S2. The Morgan fingerprint density at radius 1 is 1.00 bits per heavy atom. The summed E-state index contributed by atoms with van der Waals surface area (Å²) in [6, 6.07) is 19.5. The van der Waals surface area contributed by atoms with Gasteiger partial charge in [0.2, 0.25) is 0 Å². The molecule has 0 aliphatic rings. The van der Waals surface area contributed by atoms with Crippen molar-refractivity contribution < 1.29 is 27.8 Å². The summed E-state index contributed by atoms with van der Waals surface area (Å²) in [5.74, 6) is -0.984. The highest BCUT2D eigenvalue weighted by Crippen LogP contribution is 2.39. The molecule has 0 aromatic heterocycles. The van der Waals surface area contributed by atoms with E-state index >= 15 is 0 Å². The van der Waals surface area contributed by atoms with E-state index in [4.69, 9.17) is 14.6 Å². The minimum atomic E-state index is -4.11. The third kappa shape index (κ3) is 5.63. The molecule has 0 aliphatic heterocycles. The van der Waals surface area contributed by atoms with E-state index in [9.17, 15) is 13.2 Å². The van der Waals surface area contributed by atoms with Gasteiger partial charge in [0.1, 0.15) is 4.90 Å². The number of hydrogen-bond acceptors (Lipinski definition) is 6. The van der Waals surface area contributed by atoms with Gasteiger partial charge in [-0.1, -0.05) is 42.1 Å². The summed E-state index contributed by atoms with van der Waals surface area (Å²) in [5, 5.41) is 8.90. The van der Waals surface area contributed by atoms with Gasteiger partial charge in [-0.2, -0.15) is 0 Å². The Labute approximate surface area is 190 Å². The van der Waals surface area contributed by atoms with Crippen LogP contribution in [-0.4, -0.2) is 33.7 Å². The smallest absolute Gasteiger partial charge is 0.328 e. The van der Waals surface area contributed by atoms with Crippen molar-refractivity contribution in [3.05, 3.63) is 78.4 Å². The molecule has 9 heteroatoms. The van der Waals surface area contributed by atoms with Gasteiger partial charge in [-0.25, -0.2) is 13.2 Å². The number of carboxylic acids is 1. The monoisotopic (exact) mass is 471 g/mol. The van der Waals surface area contributed by atoms with Crippen LogP contribution < -0.4 is 14.2 Å². The second kappa shape index (κ2) is 10.3. The van der Waals surface area contributed by atoms with Crippen LogP contribution >= 0.6 is 11.8 Å². The summed E-state index contributed by atoms with van der Waals surface area (Å²) in [6.07, 6.45) is 2.19. The van der Waals surface area contributed by atoms with Crippen LogP contribution in [0.5, 0.6) is 11.5 Å². The minimum absolute atomic E-state index is 0.0145. The van der Waals surface area contributed by atoms with Crippen LogP contribution in [0.25, 0.3) is 6.08 Å². The molecule has 3 rings (SSSR count). The van der Waals surface area contributed by atoms with Crippen molar-refractivity contribution in [2.75, 3.05) is 18.9 Å². The third-order valence-corrected chi connectivity index (χ3v) is 6.73. The van der Waals surface area contributed by atoms with Gasteiger partial charge in [-0.15, -0.1) is 0 Å². The third-order valence-electron chi connectivity index (χ3n) is 4.28. The predicted molar refractivity (Wildman–Crippen MR) is 124 cm³/mol. The van der Waals surface area contributed by atoms with Crippen LogP contribution in [0, 0.1) is 0 Å². The normalized spacial score (nSPS) is 11.3. The highest BCUT2D eigenvalue weighted by atomic mass is 32.2. The molecule has 0 saturated heterocycles. The van der Waals surface area contributed by atoms with E-state index in [-0.39, 0.29) is 16.4 Å². The van der Waals surface area contributed by atoms with Crippen molar-refractivity contribution in [1.82, 2.24) is 0 Å². The molecule has 0 spiro atoms. The zero-order valence-corrected chi connectivity index (χ0v) is 18.9. The van der Waals surface area contributed by atoms with Gasteiger partial charge in [0, 0.05) is 15.9 Å². The van der Waals surface area contributed by atoms with E-state index in [1.165, 1.54) is 44.2 Å². The van der Waals surface area contributed by atoms with Gasteiger partial charge in [0.05, 0.1) is 19.9 Å². The molecule has 0 amide bonds. The topological polar surface area (TPSA) is 102 Å². The number of ether oxygens (including phenoxy) is 2. The lowest BCUT2D eigenvalue weighted by atomic mass is 10.2. The fourth-order valence-corrected chi connectivity index (χ4v) is 5.15. The Hall–Kier alpha value is -3.43. The van der Waals surface area contributed by atoms with Gasteiger partial charge in [0.25, 0.3) is 10.0 Å². The maximum atomic E-state index is 13.3. The first-order valence-corrected chi connectivity index (χ1v) is 11.7. The van der Waals surface area contributed by atoms with E-state index in [2.05, 4.69) is 4.72 Å². The highest BCUT2D eigenvalue weighted by Gasteiger charge is 2.25. The molecule has 3 aromatic rings. The van der Waals surface area contributed by atoms with Crippen LogP contribution in [0.2, 0.25) is 0 Å². The summed E-state index contributed by atoms with van der Waals surface area (Å²) in [4.78, 5) is 12.4. The number of hydrogen-bond donors (Lipinski definition) is 2. The number of methoxy groups -OCH3 is 2. The Kier molecular flexibility index (Phi) is 7.45. The van der Waals surface area contributed by atoms with Crippen molar-refractivity contribution >= 4 is 39.5 Å². The largest absolute Gasteiger partial charge is 0.493 e. The molecule has 3 aromatic carbocycles. The first-order chi connectivity index (χ1) is 15.3. The average Bonchev–Trinajstić information content (AvgIpc) is 2.78. The molecule has 0 atom stereocenters. The molecule has 0 heterocycles. The quantitative estimate of drug-likeness (QED) is 0.434. The SMILES string of the molecule is COc1cc(C=CC(=O)O)cc(S(=O)(=O)Nc2ccccc2Sc2ccccc2)c1OC. The molecule has 2 N–H and O–H groups in total. The number of para-hydroxylation sites is 1. The number of sulfonamides is 1. The molecule has 166 valence electrons. The lowest BCUT2D eigenvalue weighted by Crippen LogP contribution is -2.15. The standard InChI is InChI=1S/C23H21NO6S2/c1-29-19-14-16(12-13-22(25)26)15-21(23(19)30-2)32(27,28)24-18-10-6-7-11-20(18)31-17-8-4-3-5-9-17/h3-15,24H,1-2H3,(H,25,26). The second-order valence-corrected chi connectivity index (χ2v) is 9.21. The Morgan fingerprint density at radius 2 is 1.69 bits per heavy atom. The van der Waals surface area contributed by atoms with Gasteiger partial charge in [-0.05, 0) is 48.0 Å². The number of aliphatic carboxylic acids is 1. The summed E-state index contributed by atoms with van der Waals surface area (Å²) >= 11 is 1.42. The van der Waals surface area contributed by atoms with E-state index in [0.29, 0.717) is 11.3 Å². The van der Waals surface area contributed by atoms with E-state index < -0.39 is 16.0 Å². The average molecular weight is 472 g/mol. The predicted octanol–water partition coefficient (Wildman–Crippen LogP) is 4.75. The second-order valence-electron chi connectivity index (χ2n) is 6.44. The zero-order valence-electron chi connectivity index (χ0n) is 17.3. The van der Waals surface area contributed by atoms with Gasteiger partial charge < -0.3 is 14.6 Å². The van der Waals surface area contributed by atoms with Gasteiger partial charge in [0.15, 0.2) is 11.5 Å².